The van der Waals surface area contributed by atoms with Crippen molar-refractivity contribution in [2.75, 3.05) is 6.26 Å². The second-order valence-electron chi connectivity index (χ2n) is 2.63. The van der Waals surface area contributed by atoms with Crippen LogP contribution < -0.4 is 0 Å². The molecule has 1 aromatic carbocycles. The second-order valence-corrected chi connectivity index (χ2v) is 5.29. The van der Waals surface area contributed by atoms with Gasteiger partial charge in [-0.05, 0) is 24.0 Å². The summed E-state index contributed by atoms with van der Waals surface area (Å²) in [5.41, 5.74) is 1.02. The fraction of sp³-hybridized carbons (Fsp3) is 0.222. The Kier molecular flexibility index (Phi) is 3.63. The first kappa shape index (κ1) is 10.1. The molecule has 1 aromatic rings. The molecule has 0 saturated heterocycles. The Labute approximate surface area is 85.4 Å². The van der Waals surface area contributed by atoms with Crippen molar-refractivity contribution in [1.82, 2.24) is 0 Å². The van der Waals surface area contributed by atoms with Crippen molar-refractivity contribution in [2.24, 2.45) is 0 Å². The van der Waals surface area contributed by atoms with Crippen LogP contribution in [0.15, 0.2) is 18.2 Å². The van der Waals surface area contributed by atoms with Crippen molar-refractivity contribution in [3.05, 3.63) is 33.8 Å². The lowest BCUT2D eigenvalue weighted by Gasteiger charge is -2.06. The summed E-state index contributed by atoms with van der Waals surface area (Å²) in [5, 5.41) is 1.48. The first-order valence-corrected chi connectivity index (χ1v) is 6.19. The minimum Gasteiger partial charge on any atom is -0.192 e. The molecule has 0 aromatic heterocycles. The van der Waals surface area contributed by atoms with E-state index in [1.54, 1.807) is 0 Å². The third-order valence-corrected chi connectivity index (χ3v) is 2.94. The van der Waals surface area contributed by atoms with Crippen LogP contribution in [0.2, 0.25) is 10.0 Å². The summed E-state index contributed by atoms with van der Waals surface area (Å²) >= 11 is 11.9. The molecule has 12 heavy (non-hydrogen) atoms. The molecule has 0 amide bonds. The number of rotatable bonds is 2. The quantitative estimate of drug-likeness (QED) is 0.666. The largest absolute Gasteiger partial charge is 0.192 e. The SMILES string of the molecule is C=S(C)Cc1c(Cl)cccc1Cl. The van der Waals surface area contributed by atoms with Crippen LogP contribution in [0, 0.1) is 0 Å². The molecular weight excluding hydrogens is 211 g/mol. The van der Waals surface area contributed by atoms with Crippen LogP contribution in [0.25, 0.3) is 0 Å². The lowest BCUT2D eigenvalue weighted by Crippen LogP contribution is -1.84. The van der Waals surface area contributed by atoms with Gasteiger partial charge in [0.05, 0.1) is 0 Å². The molecule has 0 heterocycles. The first-order chi connectivity index (χ1) is 5.61. The van der Waals surface area contributed by atoms with Crippen molar-refractivity contribution in [3.63, 3.8) is 0 Å². The molecular formula is C9H10Cl2S. The van der Waals surface area contributed by atoms with Crippen LogP contribution in [0.4, 0.5) is 0 Å². The van der Waals surface area contributed by atoms with E-state index in [-0.39, 0.29) is 10.5 Å². The van der Waals surface area contributed by atoms with Crippen molar-refractivity contribution >= 4 is 39.6 Å². The number of benzene rings is 1. The average Bonchev–Trinajstić information content (AvgIpc) is 1.97. The van der Waals surface area contributed by atoms with E-state index in [9.17, 15) is 0 Å². The first-order valence-electron chi connectivity index (χ1n) is 3.46. The minimum absolute atomic E-state index is 0.0940. The van der Waals surface area contributed by atoms with Gasteiger partial charge in [-0.3, -0.25) is 0 Å². The Balaban J connectivity index is 3.04. The van der Waals surface area contributed by atoms with Crippen molar-refractivity contribution < 1.29 is 0 Å². The van der Waals surface area contributed by atoms with E-state index in [1.807, 2.05) is 18.2 Å². The molecule has 0 aliphatic rings. The van der Waals surface area contributed by atoms with Crippen LogP contribution in [-0.2, 0) is 5.75 Å². The van der Waals surface area contributed by atoms with Gasteiger partial charge in [0.2, 0.25) is 0 Å². The van der Waals surface area contributed by atoms with Crippen LogP contribution in [0.5, 0.6) is 0 Å². The Bertz CT molecular complexity index is 287. The van der Waals surface area contributed by atoms with Gasteiger partial charge in [0, 0.05) is 15.8 Å². The number of hydrogen-bond donors (Lipinski definition) is 0. The molecule has 1 atom stereocenters. The molecule has 0 nitrogen and oxygen atoms in total. The van der Waals surface area contributed by atoms with Gasteiger partial charge in [0.15, 0.2) is 0 Å². The summed E-state index contributed by atoms with van der Waals surface area (Å²) in [6.45, 7) is 0. The summed E-state index contributed by atoms with van der Waals surface area (Å²) in [6.07, 6.45) is 2.07. The number of hydrogen-bond acceptors (Lipinski definition) is 0. The zero-order chi connectivity index (χ0) is 9.14. The standard InChI is InChI=1S/C9H10Cl2S/c1-12(2)6-7-8(10)4-3-5-9(7)11/h3-5H,1,6H2,2H3. The molecule has 1 rings (SSSR count). The molecule has 0 radical (unpaired) electrons. The maximum Gasteiger partial charge on any atom is 0.0461 e. The molecule has 0 aliphatic carbocycles. The molecule has 0 N–H and O–H groups in total. The van der Waals surface area contributed by atoms with Crippen LogP contribution >= 0.6 is 33.7 Å². The molecule has 0 bridgehead atoms. The summed E-state index contributed by atoms with van der Waals surface area (Å²) in [6, 6.07) is 5.57. The molecule has 0 aliphatic heterocycles. The maximum atomic E-state index is 5.97. The van der Waals surface area contributed by atoms with Gasteiger partial charge in [-0.25, -0.2) is 0 Å². The predicted octanol–water partition coefficient (Wildman–Crippen LogP) is 3.82. The zero-order valence-electron chi connectivity index (χ0n) is 6.81. The molecule has 1 unspecified atom stereocenters. The van der Waals surface area contributed by atoms with E-state index < -0.39 is 0 Å². The van der Waals surface area contributed by atoms with E-state index >= 15 is 0 Å². The smallest absolute Gasteiger partial charge is 0.0461 e. The van der Waals surface area contributed by atoms with E-state index in [2.05, 4.69) is 12.1 Å². The van der Waals surface area contributed by atoms with Gasteiger partial charge in [-0.2, -0.15) is 10.5 Å². The van der Waals surface area contributed by atoms with Gasteiger partial charge >= 0.3 is 0 Å². The minimum atomic E-state index is 0.0940. The number of halogens is 2. The summed E-state index contributed by atoms with van der Waals surface area (Å²) in [4.78, 5) is 0. The van der Waals surface area contributed by atoms with Crippen LogP contribution in [0.3, 0.4) is 0 Å². The third kappa shape index (κ3) is 2.51. The summed E-state index contributed by atoms with van der Waals surface area (Å²) in [5.74, 6) is 4.79. The monoisotopic (exact) mass is 220 g/mol. The molecule has 0 spiro atoms. The second kappa shape index (κ2) is 4.31. The zero-order valence-corrected chi connectivity index (χ0v) is 9.14. The van der Waals surface area contributed by atoms with Crippen LogP contribution in [0.1, 0.15) is 5.56 Å². The highest BCUT2D eigenvalue weighted by Crippen LogP contribution is 2.28. The van der Waals surface area contributed by atoms with Gasteiger partial charge < -0.3 is 0 Å². The highest BCUT2D eigenvalue weighted by Gasteiger charge is 2.03. The van der Waals surface area contributed by atoms with E-state index in [0.717, 1.165) is 21.4 Å². The fourth-order valence-corrected chi connectivity index (χ4v) is 2.41. The van der Waals surface area contributed by atoms with Gasteiger partial charge in [0.1, 0.15) is 0 Å². The average molecular weight is 221 g/mol. The van der Waals surface area contributed by atoms with E-state index in [4.69, 9.17) is 23.2 Å². The molecule has 3 heteroatoms. The van der Waals surface area contributed by atoms with E-state index in [1.165, 1.54) is 0 Å². The molecule has 0 saturated carbocycles. The van der Waals surface area contributed by atoms with E-state index in [0.29, 0.717) is 0 Å². The Hall–Kier alpha value is 0.0200. The third-order valence-electron chi connectivity index (χ3n) is 1.45. The summed E-state index contributed by atoms with van der Waals surface area (Å²) < 4.78 is 0. The van der Waals surface area contributed by atoms with Crippen LogP contribution in [-0.4, -0.2) is 12.1 Å². The van der Waals surface area contributed by atoms with Crippen molar-refractivity contribution in [1.29, 1.82) is 0 Å². The topological polar surface area (TPSA) is 0 Å². The highest BCUT2D eigenvalue weighted by molar-refractivity contribution is 8.12. The van der Waals surface area contributed by atoms with Gasteiger partial charge in [0.25, 0.3) is 0 Å². The summed E-state index contributed by atoms with van der Waals surface area (Å²) in [7, 11) is 0.0940. The lowest BCUT2D eigenvalue weighted by molar-refractivity contribution is 1.42. The Morgan fingerprint density at radius 2 is 1.83 bits per heavy atom. The Morgan fingerprint density at radius 1 is 1.33 bits per heavy atom. The maximum absolute atomic E-state index is 5.97. The van der Waals surface area contributed by atoms with Gasteiger partial charge in [-0.1, -0.05) is 35.1 Å². The molecule has 66 valence electrons. The Morgan fingerprint density at radius 3 is 2.25 bits per heavy atom. The normalized spacial score (nSPS) is 12.9. The van der Waals surface area contributed by atoms with Gasteiger partial charge in [-0.15, -0.1) is 0 Å². The van der Waals surface area contributed by atoms with Crippen molar-refractivity contribution in [3.8, 4) is 0 Å². The highest BCUT2D eigenvalue weighted by atomic mass is 35.5. The fourth-order valence-electron chi connectivity index (χ4n) is 0.917. The van der Waals surface area contributed by atoms with Crippen molar-refractivity contribution in [2.45, 2.75) is 5.75 Å². The lowest BCUT2D eigenvalue weighted by atomic mass is 10.2. The molecule has 0 fully saturated rings. The predicted molar refractivity (Wildman–Crippen MR) is 60.8 cm³/mol.